The van der Waals surface area contributed by atoms with Gasteiger partial charge < -0.3 is 35.0 Å². The smallest absolute Gasteiger partial charge is 0.453 e. The third-order valence-electron chi connectivity index (χ3n) is 5.44. The third-order valence-corrected chi connectivity index (χ3v) is 5.94. The van der Waals surface area contributed by atoms with Gasteiger partial charge in [-0.25, -0.2) is 14.4 Å². The zero-order valence-electron chi connectivity index (χ0n) is 17.8. The number of hydrogen-bond donors (Lipinski definition) is 4. The summed E-state index contributed by atoms with van der Waals surface area (Å²) in [6.07, 6.45) is -0.157. The Bertz CT molecular complexity index is 1140. The van der Waals surface area contributed by atoms with E-state index < -0.39 is 12.0 Å². The molecule has 0 amide bonds. The van der Waals surface area contributed by atoms with Gasteiger partial charge in [-0.05, 0) is 63.2 Å². The van der Waals surface area contributed by atoms with E-state index in [0.717, 1.165) is 25.9 Å². The van der Waals surface area contributed by atoms with Crippen LogP contribution < -0.4 is 14.8 Å². The van der Waals surface area contributed by atoms with E-state index in [1.54, 1.807) is 18.2 Å². The van der Waals surface area contributed by atoms with Crippen molar-refractivity contribution < 1.29 is 29.2 Å². The van der Waals surface area contributed by atoms with Gasteiger partial charge in [-0.3, -0.25) is 0 Å². The second-order valence-corrected chi connectivity index (χ2v) is 8.94. The molecular weight excluding hydrogens is 499 g/mol. The second-order valence-electron chi connectivity index (χ2n) is 8.02. The highest BCUT2D eigenvalue weighted by Crippen LogP contribution is 2.37. The zero-order chi connectivity index (χ0) is 23.6. The summed E-state index contributed by atoms with van der Waals surface area (Å²) in [6, 6.07) is 7.48. The largest absolute Gasteiger partial charge is 0.489 e. The van der Waals surface area contributed by atoms with E-state index in [-0.39, 0.29) is 23.0 Å². The molecule has 4 N–H and O–H groups in total. The van der Waals surface area contributed by atoms with Gasteiger partial charge in [-0.1, -0.05) is 15.9 Å². The van der Waals surface area contributed by atoms with Crippen LogP contribution in [0.2, 0.25) is 0 Å². The summed E-state index contributed by atoms with van der Waals surface area (Å²) in [5.41, 5.74) is 0.638. The standard InChI is InChI=1S/C22H24BrFN4O5/c1-28-6-4-13(5-7-28)11-32-19-10-18-15(9-20(19)33-22(29,30)31)21(26-12-25-18)27-17-3-2-14(23)8-16(17)24/h2-3,8-10,12-13,29-31H,4-7,11H2,1H3,(H,25,26,27). The lowest BCUT2D eigenvalue weighted by Gasteiger charge is -2.29. The minimum absolute atomic E-state index is 0.128. The first kappa shape index (κ1) is 23.6. The van der Waals surface area contributed by atoms with E-state index in [9.17, 15) is 19.7 Å². The highest BCUT2D eigenvalue weighted by atomic mass is 79.9. The fourth-order valence-corrected chi connectivity index (χ4v) is 3.99. The van der Waals surface area contributed by atoms with Crippen molar-refractivity contribution in [1.82, 2.24) is 14.9 Å². The third kappa shape index (κ3) is 6.06. The number of fused-ring (bicyclic) bond motifs is 1. The molecule has 2 heterocycles. The van der Waals surface area contributed by atoms with E-state index in [0.29, 0.717) is 27.9 Å². The maximum Gasteiger partial charge on any atom is 0.453 e. The summed E-state index contributed by atoms with van der Waals surface area (Å²) in [5.74, 6) is 0.146. The average molecular weight is 523 g/mol. The Morgan fingerprint density at radius 3 is 2.61 bits per heavy atom. The SMILES string of the molecule is CN1CCC(COc2cc3ncnc(Nc4ccc(Br)cc4F)c3cc2OC(O)(O)O)CC1. The molecule has 176 valence electrons. The summed E-state index contributed by atoms with van der Waals surface area (Å²) in [4.78, 5) is 10.7. The average Bonchev–Trinajstić information content (AvgIpc) is 2.74. The number of nitrogens with zero attached hydrogens (tertiary/aromatic N) is 3. The Balaban J connectivity index is 1.65. The Hall–Kier alpha value is -2.57. The summed E-state index contributed by atoms with van der Waals surface area (Å²) in [6.45, 7) is 2.33. The van der Waals surface area contributed by atoms with Crippen molar-refractivity contribution >= 4 is 38.3 Å². The van der Waals surface area contributed by atoms with Crippen LogP contribution in [0, 0.1) is 11.7 Å². The Kier molecular flexibility index (Phi) is 6.96. The van der Waals surface area contributed by atoms with Crippen molar-refractivity contribution in [1.29, 1.82) is 0 Å². The summed E-state index contributed by atoms with van der Waals surface area (Å²) >= 11 is 3.22. The molecule has 11 heteroatoms. The van der Waals surface area contributed by atoms with E-state index in [4.69, 9.17) is 9.47 Å². The molecule has 3 aromatic rings. The normalized spacial score (nSPS) is 15.6. The van der Waals surface area contributed by atoms with Crippen molar-refractivity contribution in [2.24, 2.45) is 5.92 Å². The Morgan fingerprint density at radius 2 is 1.91 bits per heavy atom. The summed E-state index contributed by atoms with van der Waals surface area (Å²) < 4.78 is 25.8. The molecule has 1 aliphatic rings. The molecule has 0 spiro atoms. The first-order valence-electron chi connectivity index (χ1n) is 10.4. The van der Waals surface area contributed by atoms with Crippen molar-refractivity contribution in [3.63, 3.8) is 0 Å². The lowest BCUT2D eigenvalue weighted by Crippen LogP contribution is -2.35. The van der Waals surface area contributed by atoms with Crippen molar-refractivity contribution in [2.45, 2.75) is 19.0 Å². The van der Waals surface area contributed by atoms with Gasteiger partial charge in [0.1, 0.15) is 18.0 Å². The molecule has 2 aromatic carbocycles. The molecule has 0 bridgehead atoms. The molecule has 33 heavy (non-hydrogen) atoms. The molecule has 0 unspecified atom stereocenters. The number of benzene rings is 2. The van der Waals surface area contributed by atoms with Gasteiger partial charge in [0.15, 0.2) is 11.5 Å². The molecule has 0 atom stereocenters. The van der Waals surface area contributed by atoms with Crippen molar-refractivity contribution in [3.05, 3.63) is 46.9 Å². The number of hydrogen-bond acceptors (Lipinski definition) is 9. The van der Waals surface area contributed by atoms with Gasteiger partial charge in [0.2, 0.25) is 0 Å². The van der Waals surface area contributed by atoms with Crippen LogP contribution in [0.15, 0.2) is 41.1 Å². The van der Waals surface area contributed by atoms with Gasteiger partial charge in [0, 0.05) is 15.9 Å². The molecule has 1 aromatic heterocycles. The fraction of sp³-hybridized carbons (Fsp3) is 0.364. The molecule has 1 aliphatic heterocycles. The summed E-state index contributed by atoms with van der Waals surface area (Å²) in [5, 5.41) is 31.5. The second kappa shape index (κ2) is 9.74. The highest BCUT2D eigenvalue weighted by molar-refractivity contribution is 9.10. The fourth-order valence-electron chi connectivity index (χ4n) is 3.66. The number of aromatic nitrogens is 2. The van der Waals surface area contributed by atoms with Gasteiger partial charge in [0.05, 0.1) is 17.8 Å². The number of nitrogens with one attached hydrogen (secondary N) is 1. The van der Waals surface area contributed by atoms with Crippen molar-refractivity contribution in [2.75, 3.05) is 32.1 Å². The molecule has 9 nitrogen and oxygen atoms in total. The minimum atomic E-state index is -3.42. The minimum Gasteiger partial charge on any atom is -0.489 e. The van der Waals surface area contributed by atoms with E-state index >= 15 is 0 Å². The maximum absolute atomic E-state index is 14.3. The van der Waals surface area contributed by atoms with Gasteiger partial charge in [-0.2, -0.15) is 0 Å². The first-order chi connectivity index (χ1) is 15.7. The predicted molar refractivity (Wildman–Crippen MR) is 123 cm³/mol. The number of rotatable bonds is 7. The van der Waals surface area contributed by atoms with E-state index in [1.807, 2.05) is 0 Å². The molecule has 0 aliphatic carbocycles. The Morgan fingerprint density at radius 1 is 1.15 bits per heavy atom. The van der Waals surface area contributed by atoms with Crippen LogP contribution in [0.3, 0.4) is 0 Å². The van der Waals surface area contributed by atoms with E-state index in [2.05, 4.69) is 43.2 Å². The molecule has 4 rings (SSSR count). The lowest BCUT2D eigenvalue weighted by molar-refractivity contribution is -0.419. The quantitative estimate of drug-likeness (QED) is 0.347. The topological polar surface area (TPSA) is 120 Å². The van der Waals surface area contributed by atoms with Crippen LogP contribution >= 0.6 is 15.9 Å². The van der Waals surface area contributed by atoms with Crippen LogP contribution in [-0.4, -0.2) is 63.1 Å². The number of likely N-dealkylation sites (tertiary alicyclic amines) is 1. The first-order valence-corrected chi connectivity index (χ1v) is 11.2. The molecule has 0 saturated carbocycles. The monoisotopic (exact) mass is 522 g/mol. The lowest BCUT2D eigenvalue weighted by atomic mass is 9.98. The number of piperidine rings is 1. The van der Waals surface area contributed by atoms with E-state index in [1.165, 1.54) is 18.5 Å². The number of ether oxygens (including phenoxy) is 2. The van der Waals surface area contributed by atoms with Crippen molar-refractivity contribution in [3.8, 4) is 11.5 Å². The van der Waals surface area contributed by atoms with Crippen LogP contribution in [0.25, 0.3) is 10.9 Å². The highest BCUT2D eigenvalue weighted by Gasteiger charge is 2.25. The predicted octanol–water partition coefficient (Wildman–Crippen LogP) is 2.96. The Labute approximate surface area is 197 Å². The van der Waals surface area contributed by atoms with Crippen LogP contribution in [0.5, 0.6) is 11.5 Å². The molecule has 1 fully saturated rings. The van der Waals surface area contributed by atoms with Gasteiger partial charge >= 0.3 is 6.16 Å². The van der Waals surface area contributed by atoms with Gasteiger partial charge in [-0.15, -0.1) is 0 Å². The molecular formula is C22H24BrFN4O5. The van der Waals surface area contributed by atoms with Gasteiger partial charge in [0.25, 0.3) is 0 Å². The molecule has 1 saturated heterocycles. The van der Waals surface area contributed by atoms with Crippen LogP contribution in [0.1, 0.15) is 12.8 Å². The number of anilines is 2. The number of halogens is 2. The maximum atomic E-state index is 14.3. The molecule has 0 radical (unpaired) electrons. The van der Waals surface area contributed by atoms with Crippen LogP contribution in [0.4, 0.5) is 15.9 Å². The summed E-state index contributed by atoms with van der Waals surface area (Å²) in [7, 11) is 2.07. The van der Waals surface area contributed by atoms with Crippen LogP contribution in [-0.2, 0) is 0 Å². The zero-order valence-corrected chi connectivity index (χ0v) is 19.4. The number of aliphatic hydroxyl groups is 3.